The van der Waals surface area contributed by atoms with Crippen molar-refractivity contribution in [1.82, 2.24) is 24.4 Å². The molecule has 4 aliphatic rings. The lowest BCUT2D eigenvalue weighted by Gasteiger charge is -2.69. The van der Waals surface area contributed by atoms with Crippen LogP contribution in [0.4, 0.5) is 4.39 Å². The van der Waals surface area contributed by atoms with E-state index in [2.05, 4.69) is 15.0 Å². The van der Waals surface area contributed by atoms with E-state index in [4.69, 9.17) is 16.3 Å². The standard InChI is InChI=1S/C26H27ClFN5O3/c1-12-22(27)13(2)33-24(29-12)17-10-32(11-18(17)30-33)25(35)16-5-4-14(28)6-20(16)36-15-7-21-26(8-15)9-19(34)23(26)31(21)3/h4-6,15,19,21,23,34H,7-11H2,1-3H3/t15?,19-,21?,23?,26?/m0/s1. The Kier molecular flexibility index (Phi) is 4.61. The number of rotatable bonds is 3. The van der Waals surface area contributed by atoms with Gasteiger partial charge in [0.1, 0.15) is 17.7 Å². The average Bonchev–Trinajstić information content (AvgIpc) is 3.49. The van der Waals surface area contributed by atoms with Crippen LogP contribution in [-0.4, -0.2) is 66.8 Å². The average molecular weight is 512 g/mol. The molecule has 0 bridgehead atoms. The summed E-state index contributed by atoms with van der Waals surface area (Å²) in [7, 11) is 2.04. The Morgan fingerprint density at radius 2 is 2.08 bits per heavy atom. The third kappa shape index (κ3) is 2.85. The number of amides is 1. The van der Waals surface area contributed by atoms with Crippen LogP contribution in [0.5, 0.6) is 5.75 Å². The Labute approximate surface area is 212 Å². The smallest absolute Gasteiger partial charge is 0.258 e. The lowest BCUT2D eigenvalue weighted by atomic mass is 9.52. The number of nitrogens with zero attached hydrogens (tertiary/aromatic N) is 5. The van der Waals surface area contributed by atoms with Crippen LogP contribution in [0.15, 0.2) is 18.2 Å². The molecule has 8 nitrogen and oxygen atoms in total. The molecule has 2 aliphatic carbocycles. The number of aryl methyl sites for hydroxylation is 2. The number of halogens is 2. The van der Waals surface area contributed by atoms with Crippen molar-refractivity contribution in [1.29, 1.82) is 0 Å². The molecule has 4 unspecified atom stereocenters. The largest absolute Gasteiger partial charge is 0.489 e. The summed E-state index contributed by atoms with van der Waals surface area (Å²) in [6, 6.07) is 4.66. The van der Waals surface area contributed by atoms with Crippen molar-refractivity contribution in [2.75, 3.05) is 7.05 Å². The lowest BCUT2D eigenvalue weighted by Crippen LogP contribution is -2.79. The Morgan fingerprint density at radius 3 is 2.86 bits per heavy atom. The van der Waals surface area contributed by atoms with Gasteiger partial charge in [0.25, 0.3) is 5.91 Å². The second-order valence-electron chi connectivity index (χ2n) is 10.9. The third-order valence-corrected chi connectivity index (χ3v) is 9.49. The molecule has 10 heteroatoms. The Bertz CT molecular complexity index is 1460. The number of benzene rings is 1. The van der Waals surface area contributed by atoms with Crippen molar-refractivity contribution in [3.63, 3.8) is 0 Å². The number of piperidine rings is 1. The molecule has 4 heterocycles. The molecule has 1 saturated heterocycles. The molecule has 188 valence electrons. The minimum absolute atomic E-state index is 0.0920. The maximum atomic E-state index is 14.3. The van der Waals surface area contributed by atoms with E-state index < -0.39 is 5.82 Å². The molecule has 7 rings (SSSR count). The van der Waals surface area contributed by atoms with E-state index in [1.54, 1.807) is 9.42 Å². The number of hydrogen-bond acceptors (Lipinski definition) is 6. The Morgan fingerprint density at radius 1 is 1.28 bits per heavy atom. The van der Waals surface area contributed by atoms with Gasteiger partial charge in [-0.05, 0) is 45.9 Å². The van der Waals surface area contributed by atoms with Gasteiger partial charge in [-0.3, -0.25) is 9.69 Å². The van der Waals surface area contributed by atoms with Gasteiger partial charge < -0.3 is 14.7 Å². The molecule has 3 fully saturated rings. The number of likely N-dealkylation sites (tertiary alicyclic amines) is 1. The van der Waals surface area contributed by atoms with Crippen molar-refractivity contribution < 1.29 is 19.0 Å². The molecule has 1 spiro atoms. The van der Waals surface area contributed by atoms with Crippen LogP contribution in [0, 0.1) is 25.1 Å². The molecular formula is C26H27ClFN5O3. The fraction of sp³-hybridized carbons (Fsp3) is 0.500. The summed E-state index contributed by atoms with van der Waals surface area (Å²) < 4.78 is 22.3. The minimum atomic E-state index is -0.441. The maximum Gasteiger partial charge on any atom is 0.258 e. The molecule has 2 saturated carbocycles. The molecule has 2 aliphatic heterocycles. The molecular weight excluding hydrogens is 485 g/mol. The molecule has 0 radical (unpaired) electrons. The number of carbonyl (C=O) groups is 1. The first-order chi connectivity index (χ1) is 17.2. The summed E-state index contributed by atoms with van der Waals surface area (Å²) in [4.78, 5) is 22.2. The molecule has 5 atom stereocenters. The summed E-state index contributed by atoms with van der Waals surface area (Å²) in [5.41, 5.74) is 4.37. The summed E-state index contributed by atoms with van der Waals surface area (Å²) >= 11 is 6.35. The number of likely N-dealkylation sites (N-methyl/N-ethyl adjacent to an activating group) is 1. The van der Waals surface area contributed by atoms with E-state index in [9.17, 15) is 14.3 Å². The Hall–Kier alpha value is -2.75. The number of aliphatic hydroxyl groups is 1. The highest BCUT2D eigenvalue weighted by Crippen LogP contribution is 2.64. The van der Waals surface area contributed by atoms with Gasteiger partial charge in [0.2, 0.25) is 0 Å². The zero-order valence-electron chi connectivity index (χ0n) is 20.3. The lowest BCUT2D eigenvalue weighted by molar-refractivity contribution is -0.240. The van der Waals surface area contributed by atoms with Crippen LogP contribution in [0.1, 0.15) is 52.3 Å². The van der Waals surface area contributed by atoms with Crippen molar-refractivity contribution in [2.45, 2.75) is 70.5 Å². The van der Waals surface area contributed by atoms with Gasteiger partial charge in [0, 0.05) is 35.5 Å². The van der Waals surface area contributed by atoms with Gasteiger partial charge >= 0.3 is 0 Å². The van der Waals surface area contributed by atoms with E-state index in [0.717, 1.165) is 41.9 Å². The van der Waals surface area contributed by atoms with Gasteiger partial charge in [-0.15, -0.1) is 0 Å². The van der Waals surface area contributed by atoms with Crippen molar-refractivity contribution in [3.8, 4) is 5.75 Å². The first kappa shape index (κ1) is 22.4. The maximum absolute atomic E-state index is 14.3. The van der Waals surface area contributed by atoms with E-state index in [1.165, 1.54) is 18.2 Å². The second-order valence-corrected chi connectivity index (χ2v) is 11.2. The van der Waals surface area contributed by atoms with Gasteiger partial charge in [-0.2, -0.15) is 5.10 Å². The number of fused-ring (bicyclic) bond motifs is 3. The topological polar surface area (TPSA) is 83.2 Å². The summed E-state index contributed by atoms with van der Waals surface area (Å²) in [6.45, 7) is 4.45. The van der Waals surface area contributed by atoms with E-state index >= 15 is 0 Å². The number of aromatic nitrogens is 3. The quantitative estimate of drug-likeness (QED) is 0.581. The fourth-order valence-electron chi connectivity index (χ4n) is 7.34. The highest BCUT2D eigenvalue weighted by Gasteiger charge is 2.72. The molecule has 1 N–H and O–H groups in total. The third-order valence-electron chi connectivity index (χ3n) is 8.94. The van der Waals surface area contributed by atoms with Crippen molar-refractivity contribution >= 4 is 23.2 Å². The van der Waals surface area contributed by atoms with Gasteiger partial charge in [-0.25, -0.2) is 13.9 Å². The van der Waals surface area contributed by atoms with Crippen molar-refractivity contribution in [2.24, 2.45) is 5.41 Å². The van der Waals surface area contributed by atoms with E-state index in [1.807, 2.05) is 20.9 Å². The SMILES string of the molecule is Cc1nc2c3c(nn2c(C)c1Cl)CN(C(=O)c1ccc(F)cc1OC1CC2N(C)C4[C@@H](O)CC24C1)C3. The normalized spacial score (nSPS) is 30.6. The van der Waals surface area contributed by atoms with E-state index in [-0.39, 0.29) is 35.3 Å². The van der Waals surface area contributed by atoms with Crippen molar-refractivity contribution in [3.05, 3.63) is 57.2 Å². The molecule has 1 amide bonds. The highest BCUT2D eigenvalue weighted by atomic mass is 35.5. The Balaban J connectivity index is 1.14. The zero-order valence-corrected chi connectivity index (χ0v) is 21.1. The van der Waals surface area contributed by atoms with Crippen LogP contribution in [0.25, 0.3) is 5.65 Å². The summed E-state index contributed by atoms with van der Waals surface area (Å²) in [5, 5.41) is 15.4. The number of carbonyl (C=O) groups excluding carboxylic acids is 1. The molecule has 3 aromatic rings. The van der Waals surface area contributed by atoms with Crippen LogP contribution < -0.4 is 4.74 Å². The zero-order chi connectivity index (χ0) is 25.1. The second kappa shape index (κ2) is 7.40. The summed E-state index contributed by atoms with van der Waals surface area (Å²) in [6.07, 6.45) is 2.00. The minimum Gasteiger partial charge on any atom is -0.489 e. The van der Waals surface area contributed by atoms with Gasteiger partial charge in [0.15, 0.2) is 5.65 Å². The number of ether oxygens (including phenoxy) is 1. The summed E-state index contributed by atoms with van der Waals surface area (Å²) in [5.74, 6) is -0.391. The predicted octanol–water partition coefficient (Wildman–Crippen LogP) is 3.27. The van der Waals surface area contributed by atoms with E-state index in [0.29, 0.717) is 35.4 Å². The van der Waals surface area contributed by atoms with Crippen LogP contribution in [0.2, 0.25) is 5.02 Å². The number of hydrogen-bond donors (Lipinski definition) is 1. The molecule has 2 aromatic heterocycles. The molecule has 36 heavy (non-hydrogen) atoms. The van der Waals surface area contributed by atoms with Crippen LogP contribution in [0.3, 0.4) is 0 Å². The molecule has 1 aromatic carbocycles. The predicted molar refractivity (Wildman–Crippen MR) is 129 cm³/mol. The highest BCUT2D eigenvalue weighted by molar-refractivity contribution is 6.31. The first-order valence-corrected chi connectivity index (χ1v) is 12.7. The number of aliphatic hydroxyl groups excluding tert-OH is 1. The monoisotopic (exact) mass is 511 g/mol. The van der Waals surface area contributed by atoms with Crippen LogP contribution >= 0.6 is 11.6 Å². The van der Waals surface area contributed by atoms with Gasteiger partial charge in [-0.1, -0.05) is 11.6 Å². The van der Waals surface area contributed by atoms with Gasteiger partial charge in [0.05, 0.1) is 46.9 Å². The first-order valence-electron chi connectivity index (χ1n) is 12.4. The van der Waals surface area contributed by atoms with Crippen LogP contribution in [-0.2, 0) is 13.1 Å². The fourth-order valence-corrected chi connectivity index (χ4v) is 7.46.